The van der Waals surface area contributed by atoms with E-state index in [9.17, 15) is 23.1 Å². The second-order valence-corrected chi connectivity index (χ2v) is 6.34. The van der Waals surface area contributed by atoms with Crippen LogP contribution in [0.15, 0.2) is 24.3 Å². The Morgan fingerprint density at radius 1 is 1.17 bits per heavy atom. The Bertz CT molecular complexity index is 516. The molecule has 2 amide bonds. The molecule has 3 atom stereocenters. The van der Waals surface area contributed by atoms with Gasteiger partial charge in [-0.05, 0) is 50.3 Å². The van der Waals surface area contributed by atoms with E-state index in [2.05, 4.69) is 10.6 Å². The molecule has 7 heteroatoms. The molecule has 0 heterocycles. The smallest absolute Gasteiger partial charge is 0.393 e. The van der Waals surface area contributed by atoms with Gasteiger partial charge in [-0.15, -0.1) is 0 Å². The Hall–Kier alpha value is -1.76. The molecule has 0 aliphatic rings. The fourth-order valence-electron chi connectivity index (χ4n) is 2.44. The number of aliphatic hydroxyl groups is 1. The molecule has 1 aromatic rings. The van der Waals surface area contributed by atoms with Crippen LogP contribution in [0.25, 0.3) is 0 Å². The van der Waals surface area contributed by atoms with Crippen molar-refractivity contribution in [3.05, 3.63) is 35.4 Å². The van der Waals surface area contributed by atoms with Gasteiger partial charge in [0, 0.05) is 12.6 Å². The molecule has 0 aromatic heterocycles. The maximum Gasteiger partial charge on any atom is 0.416 e. The summed E-state index contributed by atoms with van der Waals surface area (Å²) < 4.78 is 37.5. The molecule has 0 saturated carbocycles. The van der Waals surface area contributed by atoms with E-state index in [-0.39, 0.29) is 18.0 Å². The molecule has 1 rings (SSSR count). The van der Waals surface area contributed by atoms with Crippen LogP contribution >= 0.6 is 0 Å². The summed E-state index contributed by atoms with van der Waals surface area (Å²) in [7, 11) is 0. The lowest BCUT2D eigenvalue weighted by Gasteiger charge is -2.18. The number of halogens is 3. The molecule has 0 aliphatic heterocycles. The van der Waals surface area contributed by atoms with Gasteiger partial charge in [0.15, 0.2) is 0 Å². The van der Waals surface area contributed by atoms with Crippen molar-refractivity contribution in [3.8, 4) is 0 Å². The summed E-state index contributed by atoms with van der Waals surface area (Å²) in [5, 5.41) is 14.7. The Labute approximate surface area is 140 Å². The molecule has 1 aromatic carbocycles. The third kappa shape index (κ3) is 7.68. The maximum absolute atomic E-state index is 12.5. The average molecular weight is 346 g/mol. The molecule has 0 spiro atoms. The first-order valence-electron chi connectivity index (χ1n) is 7.96. The van der Waals surface area contributed by atoms with E-state index in [0.29, 0.717) is 19.4 Å². The number of urea groups is 1. The zero-order chi connectivity index (χ0) is 18.3. The first kappa shape index (κ1) is 20.3. The third-order valence-electron chi connectivity index (χ3n) is 3.56. The van der Waals surface area contributed by atoms with E-state index in [1.165, 1.54) is 12.1 Å². The van der Waals surface area contributed by atoms with Gasteiger partial charge in [0.2, 0.25) is 0 Å². The van der Waals surface area contributed by atoms with Crippen molar-refractivity contribution in [3.63, 3.8) is 0 Å². The summed E-state index contributed by atoms with van der Waals surface area (Å²) in [4.78, 5) is 11.8. The predicted molar refractivity (Wildman–Crippen MR) is 86.6 cm³/mol. The molecular formula is C17H25F3N2O2. The van der Waals surface area contributed by atoms with Gasteiger partial charge in [0.05, 0.1) is 11.7 Å². The van der Waals surface area contributed by atoms with Gasteiger partial charge < -0.3 is 15.7 Å². The van der Waals surface area contributed by atoms with Crippen LogP contribution in [0.2, 0.25) is 0 Å². The number of benzene rings is 1. The van der Waals surface area contributed by atoms with Gasteiger partial charge in [-0.1, -0.05) is 19.1 Å². The first-order valence-corrected chi connectivity index (χ1v) is 7.96. The number of rotatable bonds is 7. The Morgan fingerprint density at radius 3 is 2.25 bits per heavy atom. The van der Waals surface area contributed by atoms with E-state index in [1.807, 2.05) is 6.92 Å². The number of alkyl halides is 3. The van der Waals surface area contributed by atoms with E-state index in [4.69, 9.17) is 0 Å². The summed E-state index contributed by atoms with van der Waals surface area (Å²) in [5.74, 6) is 0.154. The number of carbonyl (C=O) groups excluding carboxylic acids is 1. The lowest BCUT2D eigenvalue weighted by atomic mass is 10.0. The third-order valence-corrected chi connectivity index (χ3v) is 3.56. The van der Waals surface area contributed by atoms with Gasteiger partial charge in [-0.25, -0.2) is 4.79 Å². The molecule has 24 heavy (non-hydrogen) atoms. The van der Waals surface area contributed by atoms with Gasteiger partial charge in [-0.3, -0.25) is 0 Å². The monoisotopic (exact) mass is 346 g/mol. The fraction of sp³-hybridized carbons (Fsp3) is 0.588. The number of nitrogens with one attached hydrogen (secondary N) is 2. The second-order valence-electron chi connectivity index (χ2n) is 6.34. The minimum Gasteiger partial charge on any atom is -0.393 e. The standard InChI is InChI=1S/C17H25F3N2O2/c1-11(8-13(3)23)10-21-16(24)22-12(2)9-14-4-6-15(7-5-14)17(18,19)20/h4-7,11-13,23H,8-10H2,1-3H3,(H2,21,22,24). The molecule has 136 valence electrons. The topological polar surface area (TPSA) is 61.4 Å². The molecule has 0 fully saturated rings. The minimum atomic E-state index is -4.34. The highest BCUT2D eigenvalue weighted by Gasteiger charge is 2.29. The van der Waals surface area contributed by atoms with Crippen molar-refractivity contribution < 1.29 is 23.1 Å². The van der Waals surface area contributed by atoms with Crippen molar-refractivity contribution in [2.45, 2.75) is 51.9 Å². The molecule has 0 bridgehead atoms. The van der Waals surface area contributed by atoms with Gasteiger partial charge in [-0.2, -0.15) is 13.2 Å². The van der Waals surface area contributed by atoms with Crippen LogP contribution in [0.5, 0.6) is 0 Å². The van der Waals surface area contributed by atoms with Crippen molar-refractivity contribution in [2.75, 3.05) is 6.54 Å². The van der Waals surface area contributed by atoms with E-state index < -0.39 is 17.8 Å². The van der Waals surface area contributed by atoms with Crippen LogP contribution in [-0.4, -0.2) is 29.8 Å². The highest BCUT2D eigenvalue weighted by Crippen LogP contribution is 2.29. The lowest BCUT2D eigenvalue weighted by Crippen LogP contribution is -2.43. The van der Waals surface area contributed by atoms with Crippen LogP contribution in [0.3, 0.4) is 0 Å². The maximum atomic E-state index is 12.5. The number of amides is 2. The summed E-state index contributed by atoms with van der Waals surface area (Å²) in [6, 6.07) is 4.38. The van der Waals surface area contributed by atoms with Gasteiger partial charge >= 0.3 is 12.2 Å². The minimum absolute atomic E-state index is 0.154. The predicted octanol–water partition coefficient (Wildman–Crippen LogP) is 3.34. The van der Waals surface area contributed by atoms with E-state index >= 15 is 0 Å². The summed E-state index contributed by atoms with van der Waals surface area (Å²) in [6.07, 6.45) is -3.72. The Morgan fingerprint density at radius 2 is 1.75 bits per heavy atom. The lowest BCUT2D eigenvalue weighted by molar-refractivity contribution is -0.137. The van der Waals surface area contributed by atoms with E-state index in [1.54, 1.807) is 13.8 Å². The molecule has 4 nitrogen and oxygen atoms in total. The Balaban J connectivity index is 2.40. The zero-order valence-electron chi connectivity index (χ0n) is 14.2. The van der Waals surface area contributed by atoms with Crippen molar-refractivity contribution >= 4 is 6.03 Å². The van der Waals surface area contributed by atoms with Crippen LogP contribution in [-0.2, 0) is 12.6 Å². The van der Waals surface area contributed by atoms with Crippen molar-refractivity contribution in [2.24, 2.45) is 5.92 Å². The van der Waals surface area contributed by atoms with Crippen LogP contribution in [0, 0.1) is 5.92 Å². The van der Waals surface area contributed by atoms with Crippen LogP contribution < -0.4 is 10.6 Å². The quantitative estimate of drug-likeness (QED) is 0.709. The normalized spacial score (nSPS) is 15.5. The molecular weight excluding hydrogens is 321 g/mol. The number of carbonyl (C=O) groups is 1. The fourth-order valence-corrected chi connectivity index (χ4v) is 2.44. The molecule has 0 aliphatic carbocycles. The Kier molecular flexibility index (Phi) is 7.54. The average Bonchev–Trinajstić information content (AvgIpc) is 2.44. The largest absolute Gasteiger partial charge is 0.416 e. The first-order chi connectivity index (χ1) is 11.1. The van der Waals surface area contributed by atoms with Crippen LogP contribution in [0.1, 0.15) is 38.3 Å². The zero-order valence-corrected chi connectivity index (χ0v) is 14.2. The van der Waals surface area contributed by atoms with Crippen molar-refractivity contribution in [1.82, 2.24) is 10.6 Å². The van der Waals surface area contributed by atoms with E-state index in [0.717, 1.165) is 17.7 Å². The van der Waals surface area contributed by atoms with Gasteiger partial charge in [0.1, 0.15) is 0 Å². The summed E-state index contributed by atoms with van der Waals surface area (Å²) in [5.41, 5.74) is 0.0370. The molecule has 3 unspecified atom stereocenters. The highest BCUT2D eigenvalue weighted by atomic mass is 19.4. The van der Waals surface area contributed by atoms with Crippen LogP contribution in [0.4, 0.5) is 18.0 Å². The molecule has 0 saturated heterocycles. The highest BCUT2D eigenvalue weighted by molar-refractivity contribution is 5.74. The number of hydrogen-bond donors (Lipinski definition) is 3. The number of hydrogen-bond acceptors (Lipinski definition) is 2. The summed E-state index contributed by atoms with van der Waals surface area (Å²) in [6.45, 7) is 5.86. The molecule has 3 N–H and O–H groups in total. The van der Waals surface area contributed by atoms with Gasteiger partial charge in [0.25, 0.3) is 0 Å². The van der Waals surface area contributed by atoms with Crippen molar-refractivity contribution in [1.29, 1.82) is 0 Å². The molecule has 0 radical (unpaired) electrons. The SMILES string of the molecule is CC(O)CC(C)CNC(=O)NC(C)Cc1ccc(C(F)(F)F)cc1. The number of aliphatic hydroxyl groups excluding tert-OH is 1. The summed E-state index contributed by atoms with van der Waals surface area (Å²) >= 11 is 0. The second kappa shape index (κ2) is 8.92.